The quantitative estimate of drug-likeness (QED) is 0.0146. The fourth-order valence-corrected chi connectivity index (χ4v) is 12.6. The molecule has 7 aliphatic heterocycles. The minimum atomic E-state index is -0.516. The lowest BCUT2D eigenvalue weighted by atomic mass is 9.70. The van der Waals surface area contributed by atoms with E-state index in [9.17, 15) is 0 Å². The van der Waals surface area contributed by atoms with Gasteiger partial charge in [-0.1, -0.05) is 84.4 Å². The molecule has 11 unspecified atom stereocenters. The van der Waals surface area contributed by atoms with E-state index in [0.29, 0.717) is 88.2 Å². The Morgan fingerprint density at radius 2 is 0.925 bits per heavy atom. The average Bonchev–Trinajstić information content (AvgIpc) is 1.22. The van der Waals surface area contributed by atoms with Gasteiger partial charge < -0.3 is 118 Å². The third kappa shape index (κ3) is 45.5. The summed E-state index contributed by atoms with van der Waals surface area (Å²) in [7, 11) is 1.90. The molecule has 7 saturated heterocycles. The molecular formula is C84H157N9O14. The van der Waals surface area contributed by atoms with Crippen LogP contribution >= 0.6 is 0 Å². The maximum Gasteiger partial charge on any atom is 0.163 e. The van der Waals surface area contributed by atoms with E-state index in [0.717, 1.165) is 183 Å². The van der Waals surface area contributed by atoms with Crippen LogP contribution in [0.3, 0.4) is 0 Å². The van der Waals surface area contributed by atoms with Crippen LogP contribution in [0.15, 0.2) is 72.8 Å². The maximum atomic E-state index is 5.93. The first-order valence-electron chi connectivity index (χ1n) is 40.8. The van der Waals surface area contributed by atoms with Gasteiger partial charge in [0, 0.05) is 80.0 Å². The van der Waals surface area contributed by atoms with Crippen molar-refractivity contribution in [1.82, 2.24) is 11.5 Å². The molecule has 0 aromatic heterocycles. The van der Waals surface area contributed by atoms with Crippen molar-refractivity contribution >= 4 is 5.69 Å². The number of nitrogens with two attached hydrogens (primary N) is 6. The van der Waals surface area contributed by atoms with Gasteiger partial charge in [-0.05, 0) is 219 Å². The van der Waals surface area contributed by atoms with E-state index in [1.807, 2.05) is 76.3 Å². The van der Waals surface area contributed by atoms with Crippen LogP contribution in [0.1, 0.15) is 186 Å². The van der Waals surface area contributed by atoms with Crippen molar-refractivity contribution in [1.29, 1.82) is 0 Å². The highest BCUT2D eigenvalue weighted by molar-refractivity contribution is 5.45. The standard InChI is InChI=1S/C21H24O4.C13H26N2.C10H21N.C10H18O4.C9H16O4.C8H12N2.C7H14O2.C6H17N3.H3N.3H2/c1-21(2,15-3-7-17(8-4-15)22-11-19-13-24-19)16-5-9-18(10-6-16)23-12-20-14-25-20;14-12-5-1-10(2-6-12)9-11-3-7-13(15)8-4-11;1-7-4-9(3)10(6-11)5-8(7)2;1(3-11-5-9-7-13-9)2-4-12-6-10-8-14-10;1-9(2,12-5-7-3-10-7)13-6-8-4-11-8;1-10-8-4-2-3-7(5-8)6-9;1-2-3-4-8-5-7-6-9-7;1-6(8)2-4-9-5-3-7;;;;/h3-10,19-20H,11-14H2,1-2H3;10-13H,1-9,14-15H2;7-10H,4-6,11H2,1-3H3;9-10H,1-8H2;7-8H,3-6H2,1-2H3;2-5,10H,6,9H2,1H3;7H,2-6H2,1H3;6,9H,2-5,7-8H2,1H3;1H3;3*1H/t;;7?,8?,9-,10?;;;;;;;;;/m..0........./s1. The van der Waals surface area contributed by atoms with E-state index in [1.54, 1.807) is 0 Å². The highest BCUT2D eigenvalue weighted by Gasteiger charge is 2.33. The molecule has 0 bridgehead atoms. The highest BCUT2D eigenvalue weighted by Crippen LogP contribution is 2.38. The van der Waals surface area contributed by atoms with Crippen LogP contribution < -0.4 is 60.7 Å². The molecule has 10 aliphatic rings. The van der Waals surface area contributed by atoms with Crippen LogP contribution in [0.5, 0.6) is 11.5 Å². The number of ether oxygens (including phenoxy) is 14. The van der Waals surface area contributed by atoms with E-state index in [4.69, 9.17) is 101 Å². The number of rotatable bonds is 38. The van der Waals surface area contributed by atoms with Gasteiger partial charge in [-0.25, -0.2) is 0 Å². The van der Waals surface area contributed by atoms with Crippen LogP contribution in [0.2, 0.25) is 0 Å². The minimum Gasteiger partial charge on any atom is -0.491 e. The zero-order chi connectivity index (χ0) is 76.4. The van der Waals surface area contributed by atoms with Gasteiger partial charge in [0.25, 0.3) is 0 Å². The second kappa shape index (κ2) is 53.3. The SMILES string of the molecule is C(CCOCC1CO1)COCC1CO1.CC(C)(OCC1CO1)OCC1CO1.CC(C)(c1ccc(OCC2CO2)cc1)c1ccc(OCC2CO2)cc1.CC(N)CCNCCN.CC1CC(CN)[C@@H](C)CC1C.CCCCOCC1CO1.CNc1cccc(CN)c1.N.NC1CCC(CC2CCC(N)CC2)CC1.[HH].[HH].[HH]. The third-order valence-corrected chi connectivity index (χ3v) is 21.0. The first-order chi connectivity index (χ1) is 51.2. The third-order valence-electron chi connectivity index (χ3n) is 21.0. The Labute approximate surface area is 650 Å². The smallest absolute Gasteiger partial charge is 0.163 e. The van der Waals surface area contributed by atoms with Crippen LogP contribution in [0.25, 0.3) is 0 Å². The van der Waals surface area contributed by atoms with Crippen molar-refractivity contribution in [3.63, 3.8) is 0 Å². The van der Waals surface area contributed by atoms with Crippen molar-refractivity contribution < 1.29 is 70.6 Å². The summed E-state index contributed by atoms with van der Waals surface area (Å²) in [5, 5.41) is 6.21. The predicted molar refractivity (Wildman–Crippen MR) is 436 cm³/mol. The highest BCUT2D eigenvalue weighted by atomic mass is 16.7. The Hall–Kier alpha value is -3.74. The fourth-order valence-electron chi connectivity index (χ4n) is 12.6. The molecule has 0 spiro atoms. The molecule has 12 atom stereocenters. The Bertz CT molecular complexity index is 2520. The van der Waals surface area contributed by atoms with Crippen molar-refractivity contribution in [2.45, 2.75) is 244 Å². The molecular weight excluding hydrogens is 1360 g/mol. The zero-order valence-electron chi connectivity index (χ0n) is 67.9. The normalized spacial score (nSPS) is 27.5. The van der Waals surface area contributed by atoms with Crippen LogP contribution in [0.4, 0.5) is 5.69 Å². The summed E-state index contributed by atoms with van der Waals surface area (Å²) in [5.74, 6) is 6.66. The lowest BCUT2D eigenvalue weighted by Gasteiger charge is -2.36. The monoisotopic (exact) mass is 1520 g/mol. The van der Waals surface area contributed by atoms with Crippen molar-refractivity contribution in [3.8, 4) is 11.5 Å². The van der Waals surface area contributed by atoms with Gasteiger partial charge in [0.05, 0.1) is 79.3 Å². The molecule has 0 amide bonds. The number of unbranched alkanes of at least 4 members (excludes halogenated alkanes) is 2. The van der Waals surface area contributed by atoms with E-state index in [-0.39, 0.29) is 28.1 Å². The zero-order valence-corrected chi connectivity index (χ0v) is 67.9. The summed E-state index contributed by atoms with van der Waals surface area (Å²) < 4.78 is 74.0. The summed E-state index contributed by atoms with van der Waals surface area (Å²) >= 11 is 0. The molecule has 107 heavy (non-hydrogen) atoms. The first-order valence-corrected chi connectivity index (χ1v) is 40.8. The molecule has 23 heteroatoms. The van der Waals surface area contributed by atoms with Gasteiger partial charge in [0.2, 0.25) is 0 Å². The Morgan fingerprint density at radius 1 is 0.523 bits per heavy atom. The number of benzene rings is 3. The van der Waals surface area contributed by atoms with Gasteiger partial charge in [-0.2, -0.15) is 0 Å². The maximum absolute atomic E-state index is 5.93. The molecule has 23 nitrogen and oxygen atoms in total. The average molecular weight is 1520 g/mol. The van der Waals surface area contributed by atoms with Gasteiger partial charge >= 0.3 is 0 Å². The number of epoxide rings is 7. The van der Waals surface area contributed by atoms with Crippen molar-refractivity contribution in [2.24, 2.45) is 69.9 Å². The lowest BCUT2D eigenvalue weighted by Crippen LogP contribution is -2.32. The number of hydrogen-bond donors (Lipinski definition) is 9. The molecule has 10 fully saturated rings. The fraction of sp³-hybridized carbons (Fsp3) is 0.786. The van der Waals surface area contributed by atoms with Crippen LogP contribution in [0, 0.1) is 35.5 Å². The minimum absolute atomic E-state index is 0. The van der Waals surface area contributed by atoms with Crippen LogP contribution in [-0.2, 0) is 68.8 Å². The van der Waals surface area contributed by atoms with Gasteiger partial charge in [-0.15, -0.1) is 0 Å². The largest absolute Gasteiger partial charge is 0.491 e. The number of nitrogens with one attached hydrogen (secondary N) is 2. The lowest BCUT2D eigenvalue weighted by molar-refractivity contribution is -0.216. The Balaban J connectivity index is 0.000000436. The number of hydrogen-bond acceptors (Lipinski definition) is 23. The molecule has 3 aromatic rings. The van der Waals surface area contributed by atoms with E-state index >= 15 is 0 Å². The first kappa shape index (κ1) is 93.9. The Morgan fingerprint density at radius 3 is 1.30 bits per heavy atom. The van der Waals surface area contributed by atoms with Crippen molar-refractivity contribution in [3.05, 3.63) is 89.5 Å². The van der Waals surface area contributed by atoms with Gasteiger partial charge in [0.15, 0.2) is 5.79 Å². The molecule has 3 aliphatic carbocycles. The Kier molecular flexibility index (Phi) is 46.8. The van der Waals surface area contributed by atoms with E-state index < -0.39 is 5.79 Å². The summed E-state index contributed by atoms with van der Waals surface area (Å²) in [6.07, 6.45) is 22.6. The second-order valence-electron chi connectivity index (χ2n) is 31.9. The summed E-state index contributed by atoms with van der Waals surface area (Å²) in [6.45, 7) is 36.9. The summed E-state index contributed by atoms with van der Waals surface area (Å²) in [5.41, 5.74) is 38.5. The molecule has 13 rings (SSSR count). The molecule has 3 aromatic carbocycles. The predicted octanol–water partition coefficient (Wildman–Crippen LogP) is 12.0. The summed E-state index contributed by atoms with van der Waals surface area (Å²) in [4.78, 5) is 0. The number of anilines is 1. The molecule has 0 radical (unpaired) electrons. The second-order valence-corrected chi connectivity index (χ2v) is 31.9. The van der Waals surface area contributed by atoms with Gasteiger partial charge in [0.1, 0.15) is 67.4 Å². The molecule has 3 saturated carbocycles. The molecule has 622 valence electrons. The molecule has 17 N–H and O–H groups in total. The van der Waals surface area contributed by atoms with Crippen molar-refractivity contribution in [2.75, 3.05) is 151 Å². The van der Waals surface area contributed by atoms with Crippen LogP contribution in [-0.4, -0.2) is 212 Å². The topological polar surface area (TPSA) is 368 Å². The van der Waals surface area contributed by atoms with E-state index in [1.165, 1.54) is 94.6 Å². The summed E-state index contributed by atoms with van der Waals surface area (Å²) in [6, 6.07) is 26.1. The van der Waals surface area contributed by atoms with E-state index in [2.05, 4.69) is 76.4 Å². The molecule has 7 heterocycles. The van der Waals surface area contributed by atoms with Gasteiger partial charge in [-0.3, -0.25) is 0 Å².